The van der Waals surface area contributed by atoms with Crippen molar-refractivity contribution in [1.29, 1.82) is 0 Å². The van der Waals surface area contributed by atoms with Gasteiger partial charge in [-0.25, -0.2) is 0 Å². The second kappa shape index (κ2) is 79.3. The SMILES string of the molecule is CC/C=C\C/C=C\C/C=C\C/C=C\C/C=C\C/C=C\CCCCCCCCCCCCCCCCCCC(=O)OC(COC(=O)CCCCCCCCCCCCCCCCCCCCCCCCCCC/C=C\C/C=C\C/C=C\C/C=C\C/C=C\CC)COP(=O)([O-])OCC[N+](C)(C)C. The quantitative estimate of drug-likeness (QED) is 0.0195. The predicted molar refractivity (Wildman–Crippen MR) is 434 cm³/mol. The van der Waals surface area contributed by atoms with Gasteiger partial charge in [0.15, 0.2) is 6.10 Å². The van der Waals surface area contributed by atoms with Crippen LogP contribution < -0.4 is 4.89 Å². The van der Waals surface area contributed by atoms with Crippen LogP contribution in [0.4, 0.5) is 0 Å². The Kier molecular flexibility index (Phi) is 76.2. The largest absolute Gasteiger partial charge is 0.756 e. The zero-order valence-electron chi connectivity index (χ0n) is 65.9. The highest BCUT2D eigenvalue weighted by Crippen LogP contribution is 2.38. The zero-order valence-corrected chi connectivity index (χ0v) is 66.8. The van der Waals surface area contributed by atoms with Crippen LogP contribution in [0.3, 0.4) is 0 Å². The molecule has 0 heterocycles. The van der Waals surface area contributed by atoms with Gasteiger partial charge in [0.05, 0.1) is 27.7 Å². The lowest BCUT2D eigenvalue weighted by atomic mass is 10.0. The van der Waals surface area contributed by atoms with Gasteiger partial charge in [-0.05, 0) is 109 Å². The van der Waals surface area contributed by atoms with Crippen LogP contribution in [0.5, 0.6) is 0 Å². The monoisotopic (exact) mass is 1410 g/mol. The second-order valence-corrected chi connectivity index (χ2v) is 30.5. The van der Waals surface area contributed by atoms with Crippen molar-refractivity contribution >= 4 is 19.8 Å². The topological polar surface area (TPSA) is 111 Å². The summed E-state index contributed by atoms with van der Waals surface area (Å²) in [6, 6.07) is 0. The summed E-state index contributed by atoms with van der Waals surface area (Å²) < 4.78 is 34.5. The number of rotatable bonds is 77. The van der Waals surface area contributed by atoms with Crippen LogP contribution in [0.15, 0.2) is 134 Å². The summed E-state index contributed by atoms with van der Waals surface area (Å²) in [4.78, 5) is 38.2. The van der Waals surface area contributed by atoms with E-state index in [4.69, 9.17) is 18.5 Å². The van der Waals surface area contributed by atoms with Gasteiger partial charge in [0, 0.05) is 12.8 Å². The second-order valence-electron chi connectivity index (χ2n) is 29.1. The number of phosphoric acid groups is 1. The summed E-state index contributed by atoms with van der Waals surface area (Å²) in [5.41, 5.74) is 0. The number of hydrogen-bond donors (Lipinski definition) is 0. The molecule has 0 saturated carbocycles. The number of likely N-dealkylation sites (N-methyl/N-ethyl adjacent to an activating group) is 1. The molecule has 0 aliphatic rings. The van der Waals surface area contributed by atoms with Gasteiger partial charge in [-0.15, -0.1) is 0 Å². The van der Waals surface area contributed by atoms with Gasteiger partial charge in [-0.2, -0.15) is 0 Å². The summed E-state index contributed by atoms with van der Waals surface area (Å²) in [5.74, 6) is -0.819. The molecule has 0 bridgehead atoms. The molecule has 0 amide bonds. The number of phosphoric ester groups is 1. The van der Waals surface area contributed by atoms with Gasteiger partial charge in [0.1, 0.15) is 19.8 Å². The highest BCUT2D eigenvalue weighted by atomic mass is 31.2. The third-order valence-corrected chi connectivity index (χ3v) is 19.1. The van der Waals surface area contributed by atoms with Crippen molar-refractivity contribution in [2.24, 2.45) is 0 Å². The van der Waals surface area contributed by atoms with Gasteiger partial charge in [-0.3, -0.25) is 14.2 Å². The Morgan fingerprint density at radius 1 is 0.310 bits per heavy atom. The number of carbonyl (C=O) groups excluding carboxylic acids is 2. The molecule has 0 spiro atoms. The van der Waals surface area contributed by atoms with E-state index in [0.717, 1.165) is 109 Å². The molecule has 2 atom stereocenters. The third-order valence-electron chi connectivity index (χ3n) is 18.2. The fourth-order valence-corrected chi connectivity index (χ4v) is 12.6. The van der Waals surface area contributed by atoms with E-state index in [0.29, 0.717) is 17.4 Å². The van der Waals surface area contributed by atoms with Crippen LogP contribution in [-0.4, -0.2) is 70.0 Å². The minimum absolute atomic E-state index is 0.0325. The van der Waals surface area contributed by atoms with E-state index < -0.39 is 26.5 Å². The highest BCUT2D eigenvalue weighted by Gasteiger charge is 2.22. The van der Waals surface area contributed by atoms with Gasteiger partial charge in [-0.1, -0.05) is 385 Å². The van der Waals surface area contributed by atoms with Gasteiger partial charge in [0.25, 0.3) is 7.82 Å². The number of esters is 2. The smallest absolute Gasteiger partial charge is 0.306 e. The minimum Gasteiger partial charge on any atom is -0.756 e. The molecule has 0 rings (SSSR count). The molecule has 2 unspecified atom stereocenters. The maximum absolute atomic E-state index is 12.9. The molecule has 576 valence electrons. The first-order valence-corrected chi connectivity index (χ1v) is 43.4. The summed E-state index contributed by atoms with van der Waals surface area (Å²) in [7, 11) is 1.17. The van der Waals surface area contributed by atoms with Crippen molar-refractivity contribution < 1.29 is 42.1 Å². The molecule has 0 fully saturated rings. The molecular weight excluding hydrogens is 1250 g/mol. The normalized spacial score (nSPS) is 13.7. The third kappa shape index (κ3) is 83.1. The lowest BCUT2D eigenvalue weighted by Gasteiger charge is -2.28. The first-order chi connectivity index (χ1) is 49.0. The average molecular weight is 1410 g/mol. The first-order valence-electron chi connectivity index (χ1n) is 41.9. The summed E-state index contributed by atoms with van der Waals surface area (Å²) in [6.45, 7) is 4.05. The van der Waals surface area contributed by atoms with E-state index in [1.54, 1.807) is 0 Å². The predicted octanol–water partition coefficient (Wildman–Crippen LogP) is 27.7. The van der Waals surface area contributed by atoms with E-state index in [1.165, 1.54) is 231 Å². The number of carbonyl (C=O) groups is 2. The Labute approximate surface area is 619 Å². The lowest BCUT2D eigenvalue weighted by Crippen LogP contribution is -2.37. The number of unbranched alkanes of at least 4 members (excludes halogenated alkanes) is 41. The maximum atomic E-state index is 12.9. The Morgan fingerprint density at radius 3 is 0.800 bits per heavy atom. The van der Waals surface area contributed by atoms with Crippen molar-refractivity contribution in [3.05, 3.63) is 134 Å². The van der Waals surface area contributed by atoms with E-state index in [2.05, 4.69) is 148 Å². The van der Waals surface area contributed by atoms with Crippen molar-refractivity contribution in [1.82, 2.24) is 0 Å². The summed E-state index contributed by atoms with van der Waals surface area (Å²) in [5, 5.41) is 0. The van der Waals surface area contributed by atoms with Gasteiger partial charge < -0.3 is 27.9 Å². The van der Waals surface area contributed by atoms with Crippen molar-refractivity contribution in [2.75, 3.05) is 47.5 Å². The maximum Gasteiger partial charge on any atom is 0.306 e. The Bertz CT molecular complexity index is 2160. The van der Waals surface area contributed by atoms with Crippen molar-refractivity contribution in [3.63, 3.8) is 0 Å². The zero-order chi connectivity index (χ0) is 72.5. The van der Waals surface area contributed by atoms with Crippen LogP contribution in [0.2, 0.25) is 0 Å². The van der Waals surface area contributed by atoms with Gasteiger partial charge >= 0.3 is 11.9 Å². The van der Waals surface area contributed by atoms with Crippen molar-refractivity contribution in [2.45, 2.75) is 380 Å². The van der Waals surface area contributed by atoms with Crippen LogP contribution in [0.1, 0.15) is 373 Å². The number of hydrogen-bond acceptors (Lipinski definition) is 8. The molecule has 0 N–H and O–H groups in total. The number of allylic oxidation sites excluding steroid dienone is 22. The first kappa shape index (κ1) is 96.2. The van der Waals surface area contributed by atoms with Crippen LogP contribution >= 0.6 is 7.82 Å². The standard InChI is InChI=1S/C90H158NO8P/c1-6-8-10-12-14-16-18-20-22-24-26-28-30-32-34-36-38-40-42-43-44-45-46-47-49-50-52-54-56-58-60-62-64-66-68-70-72-74-76-78-80-82-89(92)96-86-88(87-98-100(94,95)97-85-84-91(3,4)5)99-90(93)83-81-79-77-75-73-71-69-67-65-63-61-59-57-55-53-51-48-41-39-37-35-33-31-29-27-25-23-21-19-17-15-13-11-9-7-2/h8-11,14-17,20-23,26-29,32-35,39,41,88H,6-7,12-13,18-19,24-25,30-31,36-38,40,42-87H2,1-5H3/b10-8-,11-9-,16-14-,17-15-,22-20-,23-21-,28-26-,29-27-,34-32-,35-33-,41-39-. The molecule has 100 heavy (non-hydrogen) atoms. The number of quaternary nitrogens is 1. The number of nitrogens with zero attached hydrogens (tertiary/aromatic N) is 1. The Hall–Kier alpha value is -3.85. The molecule has 0 aliphatic carbocycles. The summed E-state index contributed by atoms with van der Waals surface area (Å²) >= 11 is 0. The van der Waals surface area contributed by atoms with E-state index >= 15 is 0 Å². The minimum atomic E-state index is -4.65. The molecule has 0 aromatic heterocycles. The van der Waals surface area contributed by atoms with E-state index in [-0.39, 0.29) is 32.0 Å². The van der Waals surface area contributed by atoms with E-state index in [1.807, 2.05) is 21.1 Å². The van der Waals surface area contributed by atoms with Crippen LogP contribution in [0.25, 0.3) is 0 Å². The molecule has 0 aromatic rings. The fourth-order valence-electron chi connectivity index (χ4n) is 11.9. The molecule has 9 nitrogen and oxygen atoms in total. The molecule has 0 aliphatic heterocycles. The molecule has 0 aromatic carbocycles. The highest BCUT2D eigenvalue weighted by molar-refractivity contribution is 7.45. The van der Waals surface area contributed by atoms with Crippen molar-refractivity contribution in [3.8, 4) is 0 Å². The Morgan fingerprint density at radius 2 is 0.540 bits per heavy atom. The number of ether oxygens (including phenoxy) is 2. The van der Waals surface area contributed by atoms with Crippen LogP contribution in [0, 0.1) is 0 Å². The van der Waals surface area contributed by atoms with Gasteiger partial charge in [0.2, 0.25) is 0 Å². The fraction of sp³-hybridized carbons (Fsp3) is 0.733. The molecule has 0 saturated heterocycles. The lowest BCUT2D eigenvalue weighted by molar-refractivity contribution is -0.870. The average Bonchev–Trinajstić information content (AvgIpc) is 1.65. The van der Waals surface area contributed by atoms with Crippen LogP contribution in [-0.2, 0) is 32.7 Å². The Balaban J connectivity index is 3.91. The summed E-state index contributed by atoms with van der Waals surface area (Å²) in [6.07, 6.45) is 116. The molecule has 10 heteroatoms. The van der Waals surface area contributed by atoms with E-state index in [9.17, 15) is 19.0 Å². The molecule has 0 radical (unpaired) electrons. The molecular formula is C90H158NO8P.